The number of likely N-dealkylation sites (tertiary alicyclic amines) is 1. The summed E-state index contributed by atoms with van der Waals surface area (Å²) in [6.45, 7) is 4.74. The number of guanidine groups is 1. The Kier molecular flexibility index (Phi) is 8.87. The Morgan fingerprint density at radius 3 is 2.46 bits per heavy atom. The van der Waals surface area contributed by atoms with Crippen LogP contribution in [0.4, 0.5) is 0 Å². The molecule has 26 heavy (non-hydrogen) atoms. The Morgan fingerprint density at radius 1 is 1.08 bits per heavy atom. The van der Waals surface area contributed by atoms with Gasteiger partial charge in [0.1, 0.15) is 0 Å². The van der Waals surface area contributed by atoms with Gasteiger partial charge in [0, 0.05) is 33.2 Å². The van der Waals surface area contributed by atoms with Gasteiger partial charge in [-0.15, -0.1) is 0 Å². The summed E-state index contributed by atoms with van der Waals surface area (Å²) in [5.41, 5.74) is 0.944. The molecule has 146 valence electrons. The summed E-state index contributed by atoms with van der Waals surface area (Å²) >= 11 is 0. The molecule has 0 radical (unpaired) electrons. The highest BCUT2D eigenvalue weighted by Gasteiger charge is 2.11. The van der Waals surface area contributed by atoms with Crippen LogP contribution in [-0.4, -0.2) is 64.8 Å². The topological polar surface area (TPSA) is 85.8 Å². The number of aliphatic imine (C=N–C) groups is 1. The molecule has 1 saturated heterocycles. The Bertz CT molecular complexity index is 643. The Morgan fingerprint density at radius 2 is 1.77 bits per heavy atom. The molecule has 1 aliphatic heterocycles. The summed E-state index contributed by atoms with van der Waals surface area (Å²) in [7, 11) is -1.63. The molecule has 0 aliphatic carbocycles. The maximum Gasteiger partial charge on any atom is 0.213 e. The van der Waals surface area contributed by atoms with Crippen molar-refractivity contribution in [1.29, 1.82) is 0 Å². The molecule has 8 heteroatoms. The molecular formula is C18H31N5O2S. The standard InChI is InChI=1S/C18H31N5O2S/c1-19-18(20-10-14-23-12-6-3-7-13-23)21-11-15-26(24,25)22-16-17-8-4-2-5-9-17/h2,4-5,8-9,22H,3,6-7,10-16H2,1H3,(H2,19,20,21). The van der Waals surface area contributed by atoms with E-state index in [4.69, 9.17) is 0 Å². The number of rotatable bonds is 9. The van der Waals surface area contributed by atoms with E-state index in [1.165, 1.54) is 32.4 Å². The monoisotopic (exact) mass is 381 g/mol. The first-order chi connectivity index (χ1) is 12.6. The molecule has 0 unspecified atom stereocenters. The molecule has 1 aromatic carbocycles. The van der Waals surface area contributed by atoms with Gasteiger partial charge in [-0.1, -0.05) is 36.8 Å². The van der Waals surface area contributed by atoms with Crippen LogP contribution in [0.2, 0.25) is 0 Å². The second-order valence-electron chi connectivity index (χ2n) is 6.45. The van der Waals surface area contributed by atoms with Gasteiger partial charge < -0.3 is 15.5 Å². The Balaban J connectivity index is 1.62. The minimum atomic E-state index is -3.32. The van der Waals surface area contributed by atoms with Crippen LogP contribution in [0.1, 0.15) is 24.8 Å². The third kappa shape index (κ3) is 8.16. The van der Waals surface area contributed by atoms with Crippen LogP contribution in [0.25, 0.3) is 0 Å². The second-order valence-corrected chi connectivity index (χ2v) is 8.38. The van der Waals surface area contributed by atoms with E-state index in [-0.39, 0.29) is 5.75 Å². The van der Waals surface area contributed by atoms with Gasteiger partial charge in [-0.2, -0.15) is 0 Å². The lowest BCUT2D eigenvalue weighted by atomic mass is 10.1. The molecule has 0 atom stereocenters. The first-order valence-electron chi connectivity index (χ1n) is 9.27. The molecule has 2 rings (SSSR count). The zero-order valence-electron chi connectivity index (χ0n) is 15.6. The van der Waals surface area contributed by atoms with Crippen molar-refractivity contribution in [1.82, 2.24) is 20.3 Å². The Hall–Kier alpha value is -1.64. The number of nitrogens with one attached hydrogen (secondary N) is 3. The second kappa shape index (κ2) is 11.2. The van der Waals surface area contributed by atoms with Crippen molar-refractivity contribution >= 4 is 16.0 Å². The van der Waals surface area contributed by atoms with Gasteiger partial charge in [-0.05, 0) is 31.5 Å². The van der Waals surface area contributed by atoms with Crippen LogP contribution in [0.3, 0.4) is 0 Å². The maximum absolute atomic E-state index is 12.1. The van der Waals surface area contributed by atoms with Gasteiger partial charge in [0.25, 0.3) is 0 Å². The van der Waals surface area contributed by atoms with Gasteiger partial charge in [0.2, 0.25) is 10.0 Å². The molecule has 1 fully saturated rings. The molecule has 1 heterocycles. The van der Waals surface area contributed by atoms with Crippen LogP contribution in [0.15, 0.2) is 35.3 Å². The number of benzene rings is 1. The maximum atomic E-state index is 12.1. The number of piperidine rings is 1. The van der Waals surface area contributed by atoms with Crippen molar-refractivity contribution < 1.29 is 8.42 Å². The minimum absolute atomic E-state index is 0.00661. The molecule has 7 nitrogen and oxygen atoms in total. The third-order valence-electron chi connectivity index (χ3n) is 4.40. The van der Waals surface area contributed by atoms with E-state index in [0.717, 1.165) is 18.7 Å². The zero-order chi connectivity index (χ0) is 18.7. The van der Waals surface area contributed by atoms with E-state index < -0.39 is 10.0 Å². The lowest BCUT2D eigenvalue weighted by Gasteiger charge is -2.26. The van der Waals surface area contributed by atoms with Gasteiger partial charge in [0.05, 0.1) is 5.75 Å². The van der Waals surface area contributed by atoms with Crippen LogP contribution >= 0.6 is 0 Å². The lowest BCUT2D eigenvalue weighted by Crippen LogP contribution is -2.44. The summed E-state index contributed by atoms with van der Waals surface area (Å²) in [6, 6.07) is 9.49. The zero-order valence-corrected chi connectivity index (χ0v) is 16.4. The molecule has 1 aromatic rings. The summed E-state index contributed by atoms with van der Waals surface area (Å²) in [5, 5.41) is 6.31. The van der Waals surface area contributed by atoms with Gasteiger partial charge in [-0.25, -0.2) is 13.1 Å². The normalized spacial score (nSPS) is 16.4. The minimum Gasteiger partial charge on any atom is -0.355 e. The van der Waals surface area contributed by atoms with Crippen LogP contribution < -0.4 is 15.4 Å². The van der Waals surface area contributed by atoms with Crippen molar-refractivity contribution in [3.63, 3.8) is 0 Å². The van der Waals surface area contributed by atoms with Crippen LogP contribution in [0, 0.1) is 0 Å². The van der Waals surface area contributed by atoms with E-state index in [1.807, 2.05) is 30.3 Å². The molecule has 3 N–H and O–H groups in total. The predicted octanol–water partition coefficient (Wildman–Crippen LogP) is 0.757. The highest BCUT2D eigenvalue weighted by atomic mass is 32.2. The molecule has 0 bridgehead atoms. The average molecular weight is 382 g/mol. The number of nitrogens with zero attached hydrogens (tertiary/aromatic N) is 2. The fourth-order valence-electron chi connectivity index (χ4n) is 2.90. The summed E-state index contributed by atoms with van der Waals surface area (Å²) in [4.78, 5) is 6.59. The molecule has 0 aromatic heterocycles. The first kappa shape index (κ1) is 20.7. The van der Waals surface area contributed by atoms with E-state index in [1.54, 1.807) is 7.05 Å². The van der Waals surface area contributed by atoms with Crippen molar-refractivity contribution in [2.45, 2.75) is 25.8 Å². The van der Waals surface area contributed by atoms with Gasteiger partial charge in [-0.3, -0.25) is 4.99 Å². The van der Waals surface area contributed by atoms with Crippen molar-refractivity contribution in [2.24, 2.45) is 4.99 Å². The van der Waals surface area contributed by atoms with Crippen molar-refractivity contribution in [3.05, 3.63) is 35.9 Å². The summed E-state index contributed by atoms with van der Waals surface area (Å²) in [6.07, 6.45) is 3.89. The van der Waals surface area contributed by atoms with Crippen LogP contribution in [0.5, 0.6) is 0 Å². The van der Waals surface area contributed by atoms with Crippen molar-refractivity contribution in [2.75, 3.05) is 45.5 Å². The molecule has 0 amide bonds. The number of hydrogen-bond acceptors (Lipinski definition) is 4. The average Bonchev–Trinajstić information content (AvgIpc) is 2.67. The fraction of sp³-hybridized carbons (Fsp3) is 0.611. The summed E-state index contributed by atoms with van der Waals surface area (Å²) in [5.74, 6) is 0.646. The summed E-state index contributed by atoms with van der Waals surface area (Å²) < 4.78 is 26.8. The van der Waals surface area contributed by atoms with E-state index >= 15 is 0 Å². The first-order valence-corrected chi connectivity index (χ1v) is 10.9. The molecule has 0 saturated carbocycles. The highest BCUT2D eigenvalue weighted by molar-refractivity contribution is 7.89. The lowest BCUT2D eigenvalue weighted by molar-refractivity contribution is 0.232. The number of hydrogen-bond donors (Lipinski definition) is 3. The van der Waals surface area contributed by atoms with E-state index in [9.17, 15) is 8.42 Å². The van der Waals surface area contributed by atoms with Gasteiger partial charge in [0.15, 0.2) is 5.96 Å². The highest BCUT2D eigenvalue weighted by Crippen LogP contribution is 2.07. The van der Waals surface area contributed by atoms with E-state index in [2.05, 4.69) is 25.2 Å². The smallest absolute Gasteiger partial charge is 0.213 e. The fourth-order valence-corrected chi connectivity index (χ4v) is 3.80. The predicted molar refractivity (Wildman–Crippen MR) is 107 cm³/mol. The molecule has 0 spiro atoms. The SMILES string of the molecule is CN=C(NCCN1CCCCC1)NCCS(=O)(=O)NCc1ccccc1. The number of sulfonamides is 1. The van der Waals surface area contributed by atoms with Crippen molar-refractivity contribution in [3.8, 4) is 0 Å². The largest absolute Gasteiger partial charge is 0.355 e. The molecular weight excluding hydrogens is 350 g/mol. The molecule has 1 aliphatic rings. The van der Waals surface area contributed by atoms with E-state index in [0.29, 0.717) is 19.0 Å². The Labute approximate surface area is 157 Å². The van der Waals surface area contributed by atoms with Crippen LogP contribution in [-0.2, 0) is 16.6 Å². The third-order valence-corrected chi connectivity index (χ3v) is 5.72. The van der Waals surface area contributed by atoms with Gasteiger partial charge >= 0.3 is 0 Å². The quantitative estimate of drug-likeness (QED) is 0.434.